The Bertz CT molecular complexity index is 896. The third-order valence-electron chi connectivity index (χ3n) is 3.60. The highest BCUT2D eigenvalue weighted by molar-refractivity contribution is 5.93. The van der Waals surface area contributed by atoms with Gasteiger partial charge in [0.15, 0.2) is 0 Å². The molecule has 0 spiro atoms. The first-order valence-electron chi connectivity index (χ1n) is 7.61. The van der Waals surface area contributed by atoms with Crippen molar-refractivity contribution in [3.05, 3.63) is 78.0 Å². The molecule has 3 heterocycles. The van der Waals surface area contributed by atoms with Gasteiger partial charge in [-0.2, -0.15) is 13.2 Å². The monoisotopic (exact) mass is 358 g/mol. The lowest BCUT2D eigenvalue weighted by Gasteiger charge is -2.10. The number of pyridine rings is 3. The van der Waals surface area contributed by atoms with E-state index in [0.29, 0.717) is 5.69 Å². The minimum absolute atomic E-state index is 0.0485. The SMILES string of the molecule is O=C(NCc1cccnc1-c1ccncc1)c1ccc(C(F)(F)F)nc1. The Morgan fingerprint density at radius 1 is 1.00 bits per heavy atom. The van der Waals surface area contributed by atoms with E-state index in [0.717, 1.165) is 29.5 Å². The highest BCUT2D eigenvalue weighted by Gasteiger charge is 2.32. The highest BCUT2D eigenvalue weighted by Crippen LogP contribution is 2.27. The van der Waals surface area contributed by atoms with Crippen LogP contribution in [-0.2, 0) is 12.7 Å². The average molecular weight is 358 g/mol. The molecule has 3 aromatic rings. The Morgan fingerprint density at radius 2 is 1.77 bits per heavy atom. The molecule has 0 aromatic carbocycles. The molecule has 1 amide bonds. The summed E-state index contributed by atoms with van der Waals surface area (Å²) in [5.74, 6) is -0.518. The third-order valence-corrected chi connectivity index (χ3v) is 3.60. The van der Waals surface area contributed by atoms with Gasteiger partial charge in [-0.15, -0.1) is 0 Å². The second-order valence-electron chi connectivity index (χ2n) is 5.36. The summed E-state index contributed by atoms with van der Waals surface area (Å²) in [5, 5.41) is 2.67. The molecule has 0 aliphatic carbocycles. The summed E-state index contributed by atoms with van der Waals surface area (Å²) in [6.07, 6.45) is 1.29. The van der Waals surface area contributed by atoms with Crippen molar-refractivity contribution in [3.63, 3.8) is 0 Å². The van der Waals surface area contributed by atoms with E-state index in [4.69, 9.17) is 0 Å². The number of rotatable bonds is 4. The molecule has 5 nitrogen and oxygen atoms in total. The number of carbonyl (C=O) groups is 1. The second-order valence-corrected chi connectivity index (χ2v) is 5.36. The van der Waals surface area contributed by atoms with Crippen LogP contribution in [0.5, 0.6) is 0 Å². The zero-order valence-corrected chi connectivity index (χ0v) is 13.4. The predicted molar refractivity (Wildman–Crippen MR) is 87.9 cm³/mol. The first kappa shape index (κ1) is 17.5. The molecule has 132 valence electrons. The fraction of sp³-hybridized carbons (Fsp3) is 0.111. The van der Waals surface area contributed by atoms with E-state index in [2.05, 4.69) is 20.3 Å². The van der Waals surface area contributed by atoms with Crippen molar-refractivity contribution >= 4 is 5.91 Å². The molecule has 0 aliphatic rings. The van der Waals surface area contributed by atoms with Gasteiger partial charge >= 0.3 is 6.18 Å². The number of aromatic nitrogens is 3. The van der Waals surface area contributed by atoms with E-state index in [1.165, 1.54) is 0 Å². The van der Waals surface area contributed by atoms with Gasteiger partial charge in [0.2, 0.25) is 0 Å². The largest absolute Gasteiger partial charge is 0.433 e. The van der Waals surface area contributed by atoms with Crippen LogP contribution in [0.1, 0.15) is 21.6 Å². The predicted octanol–water partition coefficient (Wildman–Crippen LogP) is 3.49. The van der Waals surface area contributed by atoms with Crippen molar-refractivity contribution in [1.82, 2.24) is 20.3 Å². The van der Waals surface area contributed by atoms with E-state index in [1.54, 1.807) is 36.8 Å². The number of nitrogens with one attached hydrogen (secondary N) is 1. The van der Waals surface area contributed by atoms with Gasteiger partial charge < -0.3 is 5.32 Å². The van der Waals surface area contributed by atoms with Gasteiger partial charge in [0.25, 0.3) is 5.91 Å². The Balaban J connectivity index is 1.73. The van der Waals surface area contributed by atoms with Gasteiger partial charge in [0.05, 0.1) is 11.3 Å². The fourth-order valence-electron chi connectivity index (χ4n) is 2.32. The van der Waals surface area contributed by atoms with E-state index >= 15 is 0 Å². The quantitative estimate of drug-likeness (QED) is 0.775. The first-order valence-corrected chi connectivity index (χ1v) is 7.61. The lowest BCUT2D eigenvalue weighted by molar-refractivity contribution is -0.141. The molecular weight excluding hydrogens is 345 g/mol. The summed E-state index contributed by atoms with van der Waals surface area (Å²) in [7, 11) is 0. The van der Waals surface area contributed by atoms with Crippen LogP contribution in [0.15, 0.2) is 61.2 Å². The summed E-state index contributed by atoms with van der Waals surface area (Å²) in [6.45, 7) is 0.172. The minimum atomic E-state index is -4.54. The number of halogens is 3. The van der Waals surface area contributed by atoms with Gasteiger partial charge in [-0.1, -0.05) is 6.07 Å². The number of hydrogen-bond acceptors (Lipinski definition) is 4. The summed E-state index contributed by atoms with van der Waals surface area (Å²) >= 11 is 0. The van der Waals surface area contributed by atoms with Crippen LogP contribution in [0.2, 0.25) is 0 Å². The standard InChI is InChI=1S/C18H13F3N4O/c19-18(20,21)15-4-3-14(11-24-15)17(26)25-10-13-2-1-7-23-16(13)12-5-8-22-9-6-12/h1-9,11H,10H2,(H,25,26). The molecular formula is C18H13F3N4O. The van der Waals surface area contributed by atoms with Gasteiger partial charge in [-0.05, 0) is 35.9 Å². The molecule has 0 bridgehead atoms. The van der Waals surface area contributed by atoms with Gasteiger partial charge in [0.1, 0.15) is 5.69 Å². The second kappa shape index (κ2) is 7.30. The Kier molecular flexibility index (Phi) is 4.92. The van der Waals surface area contributed by atoms with Crippen molar-refractivity contribution in [2.45, 2.75) is 12.7 Å². The first-order chi connectivity index (χ1) is 12.4. The van der Waals surface area contributed by atoms with Crippen LogP contribution >= 0.6 is 0 Å². The summed E-state index contributed by atoms with van der Waals surface area (Å²) in [4.78, 5) is 23.7. The summed E-state index contributed by atoms with van der Waals surface area (Å²) < 4.78 is 37.6. The topological polar surface area (TPSA) is 67.8 Å². The van der Waals surface area contributed by atoms with Crippen LogP contribution in [0.4, 0.5) is 13.2 Å². The molecule has 0 saturated carbocycles. The van der Waals surface area contributed by atoms with Crippen molar-refractivity contribution in [2.75, 3.05) is 0 Å². The number of carbonyl (C=O) groups excluding carboxylic acids is 1. The molecule has 1 N–H and O–H groups in total. The average Bonchev–Trinajstić information content (AvgIpc) is 2.66. The lowest BCUT2D eigenvalue weighted by Crippen LogP contribution is -2.23. The molecule has 0 atom stereocenters. The van der Waals surface area contributed by atoms with E-state index < -0.39 is 17.8 Å². The van der Waals surface area contributed by atoms with Crippen molar-refractivity contribution in [3.8, 4) is 11.3 Å². The summed E-state index contributed by atoms with van der Waals surface area (Å²) in [5.41, 5.74) is 1.32. The van der Waals surface area contributed by atoms with Crippen LogP contribution < -0.4 is 5.32 Å². The number of amides is 1. The lowest BCUT2D eigenvalue weighted by atomic mass is 10.1. The smallest absolute Gasteiger partial charge is 0.348 e. The van der Waals surface area contributed by atoms with Gasteiger partial charge in [0, 0.05) is 36.9 Å². The Morgan fingerprint density at radius 3 is 2.42 bits per heavy atom. The zero-order valence-electron chi connectivity index (χ0n) is 13.4. The Hall–Kier alpha value is -3.29. The third kappa shape index (κ3) is 4.02. The maximum atomic E-state index is 12.5. The number of nitrogens with zero attached hydrogens (tertiary/aromatic N) is 3. The molecule has 0 fully saturated rings. The van der Waals surface area contributed by atoms with E-state index in [1.807, 2.05) is 6.07 Å². The number of hydrogen-bond donors (Lipinski definition) is 1. The summed E-state index contributed by atoms with van der Waals surface area (Å²) in [6, 6.07) is 9.03. The molecule has 26 heavy (non-hydrogen) atoms. The molecule has 0 unspecified atom stereocenters. The Labute approximate surface area is 147 Å². The highest BCUT2D eigenvalue weighted by atomic mass is 19.4. The zero-order chi connectivity index (χ0) is 18.6. The van der Waals surface area contributed by atoms with E-state index in [9.17, 15) is 18.0 Å². The van der Waals surface area contributed by atoms with E-state index in [-0.39, 0.29) is 12.1 Å². The van der Waals surface area contributed by atoms with Crippen LogP contribution in [-0.4, -0.2) is 20.9 Å². The normalized spacial score (nSPS) is 11.2. The maximum absolute atomic E-state index is 12.5. The molecule has 0 radical (unpaired) electrons. The van der Waals surface area contributed by atoms with Crippen LogP contribution in [0.25, 0.3) is 11.3 Å². The minimum Gasteiger partial charge on any atom is -0.348 e. The van der Waals surface area contributed by atoms with Crippen LogP contribution in [0, 0.1) is 0 Å². The fourth-order valence-corrected chi connectivity index (χ4v) is 2.32. The molecule has 3 rings (SSSR count). The van der Waals surface area contributed by atoms with Gasteiger partial charge in [-0.25, -0.2) is 0 Å². The number of alkyl halides is 3. The van der Waals surface area contributed by atoms with Crippen molar-refractivity contribution in [1.29, 1.82) is 0 Å². The van der Waals surface area contributed by atoms with Gasteiger partial charge in [-0.3, -0.25) is 19.7 Å². The molecule has 8 heteroatoms. The van der Waals surface area contributed by atoms with Crippen molar-refractivity contribution < 1.29 is 18.0 Å². The molecule has 0 saturated heterocycles. The van der Waals surface area contributed by atoms with Crippen molar-refractivity contribution in [2.24, 2.45) is 0 Å². The molecule has 0 aliphatic heterocycles. The maximum Gasteiger partial charge on any atom is 0.433 e. The van der Waals surface area contributed by atoms with Crippen LogP contribution in [0.3, 0.4) is 0 Å². The molecule has 3 aromatic heterocycles.